The van der Waals surface area contributed by atoms with Crippen molar-refractivity contribution in [3.05, 3.63) is 165 Å². The molecule has 6 nitrogen and oxygen atoms in total. The van der Waals surface area contributed by atoms with Gasteiger partial charge < -0.3 is 16.0 Å². The van der Waals surface area contributed by atoms with Gasteiger partial charge in [0.05, 0.1) is 10.0 Å². The molecule has 5 aromatic rings. The Hall–Kier alpha value is -4.53. The number of benzene rings is 5. The molecule has 5 rings (SSSR count). The van der Waals surface area contributed by atoms with E-state index in [2.05, 4.69) is 16.0 Å². The number of hydrogen-bond acceptors (Lipinski definition) is 4. The van der Waals surface area contributed by atoms with Crippen LogP contribution in [0.3, 0.4) is 0 Å². The second kappa shape index (κ2) is 15.7. The van der Waals surface area contributed by atoms with Gasteiger partial charge in [0, 0.05) is 26.9 Å². The summed E-state index contributed by atoms with van der Waals surface area (Å²) in [7, 11) is 0. The van der Waals surface area contributed by atoms with E-state index in [9.17, 15) is 14.4 Å². The highest BCUT2D eigenvalue weighted by atomic mass is 35.5. The van der Waals surface area contributed by atoms with Crippen LogP contribution in [0.1, 0.15) is 26.7 Å². The predicted octanol–water partition coefficient (Wildman–Crippen LogP) is 9.53. The molecule has 0 aliphatic heterocycles. The lowest BCUT2D eigenvalue weighted by Crippen LogP contribution is -2.30. The Kier molecular flexibility index (Phi) is 11.2. The molecule has 3 N–H and O–H groups in total. The van der Waals surface area contributed by atoms with Crippen LogP contribution in [-0.2, 0) is 9.59 Å². The summed E-state index contributed by atoms with van der Waals surface area (Å²) in [6.07, 6.45) is 1.56. The molecule has 0 bridgehead atoms. The summed E-state index contributed by atoms with van der Waals surface area (Å²) in [5.41, 5.74) is 2.83. The number of halogens is 3. The zero-order valence-electron chi connectivity index (χ0n) is 24.0. The molecule has 230 valence electrons. The molecule has 5 aromatic carbocycles. The summed E-state index contributed by atoms with van der Waals surface area (Å²) < 4.78 is 0. The Morgan fingerprint density at radius 1 is 0.652 bits per heavy atom. The summed E-state index contributed by atoms with van der Waals surface area (Å²) in [5.74, 6) is -1.24. The third-order valence-corrected chi connectivity index (χ3v) is 8.78. The van der Waals surface area contributed by atoms with E-state index in [0.717, 1.165) is 10.5 Å². The van der Waals surface area contributed by atoms with Crippen molar-refractivity contribution in [2.75, 3.05) is 10.6 Å². The van der Waals surface area contributed by atoms with E-state index in [1.807, 2.05) is 36.4 Å². The molecular weight excluding hydrogens is 661 g/mol. The van der Waals surface area contributed by atoms with Crippen molar-refractivity contribution in [2.24, 2.45) is 0 Å². The van der Waals surface area contributed by atoms with Gasteiger partial charge in [-0.05, 0) is 77.9 Å². The smallest absolute Gasteiger partial charge is 0.272 e. The van der Waals surface area contributed by atoms with Gasteiger partial charge in [-0.3, -0.25) is 14.4 Å². The summed E-state index contributed by atoms with van der Waals surface area (Å²) in [5, 5.41) is 9.09. The van der Waals surface area contributed by atoms with E-state index in [4.69, 9.17) is 34.8 Å². The first kappa shape index (κ1) is 32.9. The highest BCUT2D eigenvalue weighted by molar-refractivity contribution is 8.00. The molecule has 10 heteroatoms. The average Bonchev–Trinajstić information content (AvgIpc) is 3.06. The molecule has 1 atom stereocenters. The van der Waals surface area contributed by atoms with Crippen molar-refractivity contribution in [1.82, 2.24) is 5.32 Å². The molecule has 0 aliphatic carbocycles. The Balaban J connectivity index is 1.38. The van der Waals surface area contributed by atoms with Crippen LogP contribution in [0.4, 0.5) is 11.4 Å². The van der Waals surface area contributed by atoms with Crippen LogP contribution in [0.5, 0.6) is 0 Å². The van der Waals surface area contributed by atoms with Crippen molar-refractivity contribution >= 4 is 81.7 Å². The van der Waals surface area contributed by atoms with Gasteiger partial charge in [-0.2, -0.15) is 0 Å². The van der Waals surface area contributed by atoms with E-state index < -0.39 is 17.1 Å². The van der Waals surface area contributed by atoms with Crippen LogP contribution in [0.2, 0.25) is 15.1 Å². The van der Waals surface area contributed by atoms with Crippen molar-refractivity contribution in [1.29, 1.82) is 0 Å². The monoisotopic (exact) mass is 685 g/mol. The van der Waals surface area contributed by atoms with Crippen molar-refractivity contribution in [3.8, 4) is 0 Å². The first-order valence-electron chi connectivity index (χ1n) is 14.0. The lowest BCUT2D eigenvalue weighted by Gasteiger charge is -2.18. The predicted molar refractivity (Wildman–Crippen MR) is 189 cm³/mol. The lowest BCUT2D eigenvalue weighted by molar-refractivity contribution is -0.116. The topological polar surface area (TPSA) is 87.3 Å². The van der Waals surface area contributed by atoms with E-state index in [1.165, 1.54) is 11.8 Å². The minimum atomic E-state index is -0.634. The fraction of sp³-hybridized carbons (Fsp3) is 0.0278. The number of hydrogen-bond donors (Lipinski definition) is 3. The van der Waals surface area contributed by atoms with E-state index in [1.54, 1.807) is 97.1 Å². The van der Waals surface area contributed by atoms with Gasteiger partial charge >= 0.3 is 0 Å². The summed E-state index contributed by atoms with van der Waals surface area (Å²) in [6.45, 7) is 0. The zero-order valence-corrected chi connectivity index (χ0v) is 27.1. The van der Waals surface area contributed by atoms with Crippen molar-refractivity contribution < 1.29 is 14.4 Å². The Morgan fingerprint density at radius 3 is 2.07 bits per heavy atom. The fourth-order valence-corrected chi connectivity index (χ4v) is 5.95. The van der Waals surface area contributed by atoms with E-state index >= 15 is 0 Å². The maximum atomic E-state index is 13.6. The fourth-order valence-electron chi connectivity index (χ4n) is 4.37. The molecule has 0 radical (unpaired) electrons. The third kappa shape index (κ3) is 9.02. The number of carbonyl (C=O) groups is 3. The quantitative estimate of drug-likeness (QED) is 0.101. The zero-order chi connectivity index (χ0) is 32.5. The number of amides is 3. The molecule has 0 saturated carbocycles. The third-order valence-electron chi connectivity index (χ3n) is 6.56. The van der Waals surface area contributed by atoms with Crippen molar-refractivity contribution in [3.63, 3.8) is 0 Å². The molecule has 0 aliphatic rings. The minimum absolute atomic E-state index is 0.0253. The van der Waals surface area contributed by atoms with Crippen LogP contribution in [0.25, 0.3) is 6.08 Å². The van der Waals surface area contributed by atoms with Gasteiger partial charge in [-0.25, -0.2) is 0 Å². The molecular formula is C36H26Cl3N3O3S. The molecule has 3 amide bonds. The molecule has 0 saturated heterocycles. The second-order valence-electron chi connectivity index (χ2n) is 9.94. The largest absolute Gasteiger partial charge is 0.325 e. The maximum absolute atomic E-state index is 13.6. The highest BCUT2D eigenvalue weighted by Crippen LogP contribution is 2.37. The molecule has 0 spiro atoms. The summed E-state index contributed by atoms with van der Waals surface area (Å²) in [4.78, 5) is 40.8. The first-order valence-corrected chi connectivity index (χ1v) is 16.0. The van der Waals surface area contributed by atoms with Crippen LogP contribution in [0.15, 0.2) is 138 Å². The highest BCUT2D eigenvalue weighted by Gasteiger charge is 2.23. The van der Waals surface area contributed by atoms with Crippen molar-refractivity contribution in [2.45, 2.75) is 10.1 Å². The number of thioether (sulfide) groups is 1. The average molecular weight is 687 g/mol. The van der Waals surface area contributed by atoms with Gasteiger partial charge in [0.15, 0.2) is 0 Å². The standard InChI is InChI=1S/C36H26Cl3N3O3S/c37-26-14-7-9-23(19-26)20-32(42-34(43)25-12-5-2-6-13-25)35(44)40-27-15-8-16-29(21-27)46-33(24-10-3-1-4-11-24)36(45)41-28-17-18-30(38)31(39)22-28/h1-22,33H,(H,40,44)(H,41,45)(H,42,43)/b32-20-. The number of anilines is 2. The summed E-state index contributed by atoms with van der Waals surface area (Å²) in [6, 6.07) is 36.9. The first-order chi connectivity index (χ1) is 22.2. The van der Waals surface area contributed by atoms with Crippen LogP contribution < -0.4 is 16.0 Å². The summed E-state index contributed by atoms with van der Waals surface area (Å²) >= 11 is 19.7. The Labute approximate surface area is 285 Å². The molecule has 0 fully saturated rings. The number of carbonyl (C=O) groups excluding carboxylic acids is 3. The molecule has 46 heavy (non-hydrogen) atoms. The van der Waals surface area contributed by atoms with Crippen LogP contribution in [-0.4, -0.2) is 17.7 Å². The molecule has 0 aromatic heterocycles. The number of rotatable bonds is 10. The van der Waals surface area contributed by atoms with Gasteiger partial charge in [0.2, 0.25) is 5.91 Å². The van der Waals surface area contributed by atoms with E-state index in [0.29, 0.717) is 37.6 Å². The normalized spacial score (nSPS) is 11.8. The maximum Gasteiger partial charge on any atom is 0.272 e. The Bertz CT molecular complexity index is 1900. The van der Waals surface area contributed by atoms with Gasteiger partial charge in [0.25, 0.3) is 11.8 Å². The SMILES string of the molecule is O=C(Nc1cccc(SC(C(=O)Nc2ccc(Cl)c(Cl)c2)c2ccccc2)c1)/C(=C/c1cccc(Cl)c1)NC(=O)c1ccccc1. The Morgan fingerprint density at radius 2 is 1.35 bits per heavy atom. The molecule has 0 heterocycles. The van der Waals surface area contributed by atoms with Gasteiger partial charge in [0.1, 0.15) is 10.9 Å². The second-order valence-corrected chi connectivity index (χ2v) is 12.4. The number of nitrogens with one attached hydrogen (secondary N) is 3. The van der Waals surface area contributed by atoms with Crippen LogP contribution in [0, 0.1) is 0 Å². The lowest BCUT2D eigenvalue weighted by atomic mass is 10.1. The van der Waals surface area contributed by atoms with E-state index in [-0.39, 0.29) is 11.6 Å². The molecule has 1 unspecified atom stereocenters. The van der Waals surface area contributed by atoms with Crippen LogP contribution >= 0.6 is 46.6 Å². The van der Waals surface area contributed by atoms with Gasteiger partial charge in [-0.15, -0.1) is 11.8 Å². The minimum Gasteiger partial charge on any atom is -0.325 e. The van der Waals surface area contributed by atoms with Gasteiger partial charge in [-0.1, -0.05) is 102 Å².